The van der Waals surface area contributed by atoms with Crippen molar-refractivity contribution in [1.82, 2.24) is 24.9 Å². The van der Waals surface area contributed by atoms with E-state index >= 15 is 0 Å². The largest absolute Gasteiger partial charge is 0.339 e. The van der Waals surface area contributed by atoms with E-state index in [2.05, 4.69) is 15.1 Å². The molecular weight excluding hydrogens is 322 g/mol. The van der Waals surface area contributed by atoms with Gasteiger partial charge in [-0.1, -0.05) is 12.1 Å². The zero-order valence-corrected chi connectivity index (χ0v) is 14.4. The first-order valence-electron chi connectivity index (χ1n) is 8.30. The van der Waals surface area contributed by atoms with Gasteiger partial charge in [0.05, 0.1) is 12.5 Å². The fourth-order valence-corrected chi connectivity index (χ4v) is 2.90. The molecule has 1 atom stereocenters. The van der Waals surface area contributed by atoms with Gasteiger partial charge in [-0.15, -0.1) is 0 Å². The molecule has 0 N–H and O–H groups in total. The standard InChI is InChI=1S/C17H21N5O3/c1-3-15-19-14(20-25-15)11-21(2)17(24)13-8-16(23)22(10-13)9-12-4-6-18-7-5-12/h4-7,13H,3,8-11H2,1-2H3/t13-/m0/s1. The summed E-state index contributed by atoms with van der Waals surface area (Å²) in [5, 5.41) is 3.86. The van der Waals surface area contributed by atoms with E-state index < -0.39 is 0 Å². The summed E-state index contributed by atoms with van der Waals surface area (Å²) in [6.45, 7) is 3.13. The van der Waals surface area contributed by atoms with Crippen molar-refractivity contribution in [3.63, 3.8) is 0 Å². The summed E-state index contributed by atoms with van der Waals surface area (Å²) in [5.41, 5.74) is 1.00. The Morgan fingerprint density at radius 2 is 2.16 bits per heavy atom. The van der Waals surface area contributed by atoms with Crippen LogP contribution in [0.4, 0.5) is 0 Å². The molecular formula is C17H21N5O3. The van der Waals surface area contributed by atoms with E-state index in [9.17, 15) is 9.59 Å². The average molecular weight is 343 g/mol. The lowest BCUT2D eigenvalue weighted by atomic mass is 10.1. The van der Waals surface area contributed by atoms with Crippen LogP contribution in [0.1, 0.15) is 30.6 Å². The number of carbonyl (C=O) groups excluding carboxylic acids is 2. The maximum Gasteiger partial charge on any atom is 0.228 e. The lowest BCUT2D eigenvalue weighted by Crippen LogP contribution is -2.34. The van der Waals surface area contributed by atoms with Gasteiger partial charge in [0.1, 0.15) is 0 Å². The lowest BCUT2D eigenvalue weighted by Gasteiger charge is -2.20. The zero-order valence-electron chi connectivity index (χ0n) is 14.4. The van der Waals surface area contributed by atoms with Gasteiger partial charge < -0.3 is 14.3 Å². The van der Waals surface area contributed by atoms with Crippen molar-refractivity contribution in [2.75, 3.05) is 13.6 Å². The molecule has 0 aliphatic carbocycles. The normalized spacial score (nSPS) is 17.1. The van der Waals surface area contributed by atoms with Crippen LogP contribution >= 0.6 is 0 Å². The van der Waals surface area contributed by atoms with E-state index in [0.29, 0.717) is 31.2 Å². The summed E-state index contributed by atoms with van der Waals surface area (Å²) >= 11 is 0. The van der Waals surface area contributed by atoms with Crippen LogP contribution in [0.25, 0.3) is 0 Å². The molecule has 8 heteroatoms. The Labute approximate surface area is 145 Å². The highest BCUT2D eigenvalue weighted by Gasteiger charge is 2.35. The number of rotatable bonds is 6. The number of nitrogens with zero attached hydrogens (tertiary/aromatic N) is 5. The van der Waals surface area contributed by atoms with E-state index in [4.69, 9.17) is 4.52 Å². The molecule has 2 amide bonds. The van der Waals surface area contributed by atoms with Gasteiger partial charge in [-0.25, -0.2) is 0 Å². The Hall–Kier alpha value is -2.77. The third-order valence-electron chi connectivity index (χ3n) is 4.25. The predicted octanol–water partition coefficient (Wildman–Crippen LogP) is 1.03. The van der Waals surface area contributed by atoms with Gasteiger partial charge in [0.15, 0.2) is 5.82 Å². The van der Waals surface area contributed by atoms with E-state index in [0.717, 1.165) is 5.56 Å². The van der Waals surface area contributed by atoms with Gasteiger partial charge in [0, 0.05) is 45.4 Å². The summed E-state index contributed by atoms with van der Waals surface area (Å²) < 4.78 is 5.05. The molecule has 0 unspecified atom stereocenters. The third-order valence-corrected chi connectivity index (χ3v) is 4.25. The number of pyridine rings is 1. The van der Waals surface area contributed by atoms with Crippen LogP contribution < -0.4 is 0 Å². The Balaban J connectivity index is 1.58. The van der Waals surface area contributed by atoms with Crippen LogP contribution in [0.15, 0.2) is 29.0 Å². The van der Waals surface area contributed by atoms with Crippen molar-refractivity contribution in [2.24, 2.45) is 5.92 Å². The maximum atomic E-state index is 12.6. The minimum Gasteiger partial charge on any atom is -0.339 e. The number of amides is 2. The summed E-state index contributed by atoms with van der Waals surface area (Å²) in [6, 6.07) is 3.74. The molecule has 3 rings (SSSR count). The van der Waals surface area contributed by atoms with Gasteiger partial charge in [-0.3, -0.25) is 14.6 Å². The van der Waals surface area contributed by atoms with Gasteiger partial charge >= 0.3 is 0 Å². The van der Waals surface area contributed by atoms with Crippen LogP contribution in [-0.2, 0) is 29.1 Å². The Morgan fingerprint density at radius 1 is 1.40 bits per heavy atom. The third kappa shape index (κ3) is 4.01. The van der Waals surface area contributed by atoms with E-state index in [1.165, 1.54) is 0 Å². The molecule has 2 aromatic heterocycles. The summed E-state index contributed by atoms with van der Waals surface area (Å²) in [5.74, 6) is 0.614. The predicted molar refractivity (Wildman–Crippen MR) is 87.9 cm³/mol. The first kappa shape index (κ1) is 17.1. The number of aromatic nitrogens is 3. The van der Waals surface area contributed by atoms with Gasteiger partial charge in [0.2, 0.25) is 17.7 Å². The second-order valence-corrected chi connectivity index (χ2v) is 6.18. The van der Waals surface area contributed by atoms with Gasteiger partial charge in [-0.05, 0) is 17.7 Å². The molecule has 2 aromatic rings. The van der Waals surface area contributed by atoms with Gasteiger partial charge in [-0.2, -0.15) is 4.98 Å². The summed E-state index contributed by atoms with van der Waals surface area (Å²) in [4.78, 5) is 36.3. The molecule has 1 aliphatic rings. The number of aryl methyl sites for hydroxylation is 1. The minimum atomic E-state index is -0.336. The van der Waals surface area contributed by atoms with E-state index in [1.54, 1.807) is 29.2 Å². The van der Waals surface area contributed by atoms with E-state index in [1.807, 2.05) is 19.1 Å². The molecule has 1 aliphatic heterocycles. The van der Waals surface area contributed by atoms with Crippen molar-refractivity contribution in [3.05, 3.63) is 41.8 Å². The highest BCUT2D eigenvalue weighted by Crippen LogP contribution is 2.22. The van der Waals surface area contributed by atoms with Crippen LogP contribution in [0.2, 0.25) is 0 Å². The van der Waals surface area contributed by atoms with Crippen LogP contribution in [0, 0.1) is 5.92 Å². The number of hydrogen-bond acceptors (Lipinski definition) is 6. The SMILES string of the molecule is CCc1nc(CN(C)C(=O)[C@H]2CC(=O)N(Cc3ccncc3)C2)no1. The first-order chi connectivity index (χ1) is 12.1. The monoisotopic (exact) mass is 343 g/mol. The van der Waals surface area contributed by atoms with Crippen molar-refractivity contribution in [3.8, 4) is 0 Å². The smallest absolute Gasteiger partial charge is 0.228 e. The molecule has 0 bridgehead atoms. The molecule has 3 heterocycles. The highest BCUT2D eigenvalue weighted by molar-refractivity contribution is 5.89. The Bertz CT molecular complexity index is 746. The quantitative estimate of drug-likeness (QED) is 0.778. The number of hydrogen-bond donors (Lipinski definition) is 0. The first-order valence-corrected chi connectivity index (χ1v) is 8.30. The molecule has 8 nitrogen and oxygen atoms in total. The van der Waals surface area contributed by atoms with Crippen LogP contribution in [0.3, 0.4) is 0 Å². The molecule has 0 spiro atoms. The Kier molecular flexibility index (Phi) is 5.06. The summed E-state index contributed by atoms with van der Waals surface area (Å²) in [6.07, 6.45) is 4.29. The molecule has 1 saturated heterocycles. The minimum absolute atomic E-state index is 0.00334. The second-order valence-electron chi connectivity index (χ2n) is 6.18. The topological polar surface area (TPSA) is 92.4 Å². The summed E-state index contributed by atoms with van der Waals surface area (Å²) in [7, 11) is 1.69. The van der Waals surface area contributed by atoms with Crippen LogP contribution in [0.5, 0.6) is 0 Å². The molecule has 1 fully saturated rings. The fourth-order valence-electron chi connectivity index (χ4n) is 2.90. The van der Waals surface area contributed by atoms with Crippen LogP contribution in [-0.4, -0.2) is 50.3 Å². The lowest BCUT2D eigenvalue weighted by molar-refractivity contribution is -0.135. The number of carbonyl (C=O) groups is 2. The number of likely N-dealkylation sites (tertiary alicyclic amines) is 1. The van der Waals surface area contributed by atoms with Crippen molar-refractivity contribution >= 4 is 11.8 Å². The molecule has 132 valence electrons. The zero-order chi connectivity index (χ0) is 17.8. The molecule has 0 saturated carbocycles. The maximum absolute atomic E-state index is 12.6. The average Bonchev–Trinajstić information content (AvgIpc) is 3.22. The Morgan fingerprint density at radius 3 is 2.84 bits per heavy atom. The second kappa shape index (κ2) is 7.42. The molecule has 0 aromatic carbocycles. The molecule has 25 heavy (non-hydrogen) atoms. The van der Waals surface area contributed by atoms with E-state index in [-0.39, 0.29) is 30.7 Å². The molecule has 0 radical (unpaired) electrons. The van der Waals surface area contributed by atoms with Crippen molar-refractivity contribution in [2.45, 2.75) is 32.9 Å². The fraction of sp³-hybridized carbons (Fsp3) is 0.471. The van der Waals surface area contributed by atoms with Crippen molar-refractivity contribution < 1.29 is 14.1 Å². The highest BCUT2D eigenvalue weighted by atomic mass is 16.5. The van der Waals surface area contributed by atoms with Gasteiger partial charge in [0.25, 0.3) is 0 Å². The van der Waals surface area contributed by atoms with Crippen molar-refractivity contribution in [1.29, 1.82) is 0 Å².